The van der Waals surface area contributed by atoms with Crippen LogP contribution >= 0.6 is 23.2 Å². The molecule has 34 heavy (non-hydrogen) atoms. The van der Waals surface area contributed by atoms with Crippen LogP contribution in [0.2, 0.25) is 10.0 Å². The van der Waals surface area contributed by atoms with Crippen molar-refractivity contribution in [1.29, 1.82) is 0 Å². The van der Waals surface area contributed by atoms with Gasteiger partial charge in [-0.3, -0.25) is 9.69 Å². The van der Waals surface area contributed by atoms with Crippen molar-refractivity contribution >= 4 is 29.2 Å². The number of rotatable bonds is 7. The average Bonchev–Trinajstić information content (AvgIpc) is 2.77. The van der Waals surface area contributed by atoms with E-state index < -0.39 is 5.60 Å². The maximum atomic E-state index is 12.0. The zero-order valence-corrected chi connectivity index (χ0v) is 21.6. The Morgan fingerprint density at radius 1 is 1.18 bits per heavy atom. The van der Waals surface area contributed by atoms with Gasteiger partial charge in [0.1, 0.15) is 18.0 Å². The van der Waals surface area contributed by atoms with Crippen LogP contribution in [0.5, 0.6) is 5.75 Å². The van der Waals surface area contributed by atoms with E-state index in [2.05, 4.69) is 16.7 Å². The molecule has 0 N–H and O–H groups in total. The summed E-state index contributed by atoms with van der Waals surface area (Å²) in [6.45, 7) is 10.5. The van der Waals surface area contributed by atoms with Gasteiger partial charge in [0.2, 0.25) is 0 Å². The average molecular weight is 504 g/mol. The SMILES string of the molecule is CC#Cc1cc(Cl)c(COc2ccc(C3CN(CCC(=O)OC(C)(C)C)CCO3)cc2)c(Cl)c1. The van der Waals surface area contributed by atoms with Crippen molar-refractivity contribution in [3.05, 3.63) is 63.1 Å². The molecular formula is C27H31Cl2NO4. The number of ether oxygens (including phenoxy) is 3. The van der Waals surface area contributed by atoms with E-state index in [0.29, 0.717) is 35.4 Å². The summed E-state index contributed by atoms with van der Waals surface area (Å²) in [5, 5.41) is 1.06. The van der Waals surface area contributed by atoms with Crippen LogP contribution in [0, 0.1) is 11.8 Å². The van der Waals surface area contributed by atoms with Gasteiger partial charge in [-0.1, -0.05) is 41.3 Å². The van der Waals surface area contributed by atoms with Gasteiger partial charge in [-0.15, -0.1) is 5.92 Å². The molecule has 7 heteroatoms. The molecule has 1 aliphatic heterocycles. The monoisotopic (exact) mass is 503 g/mol. The zero-order valence-electron chi connectivity index (χ0n) is 20.1. The molecule has 1 unspecified atom stereocenters. The molecule has 182 valence electrons. The van der Waals surface area contributed by atoms with E-state index in [1.165, 1.54) is 0 Å². The van der Waals surface area contributed by atoms with Gasteiger partial charge in [-0.05, 0) is 57.5 Å². The minimum atomic E-state index is -0.460. The normalized spacial score (nSPS) is 16.5. The van der Waals surface area contributed by atoms with Crippen molar-refractivity contribution in [1.82, 2.24) is 4.90 Å². The quantitative estimate of drug-likeness (QED) is 0.340. The summed E-state index contributed by atoms with van der Waals surface area (Å²) in [6, 6.07) is 11.4. The highest BCUT2D eigenvalue weighted by Crippen LogP contribution is 2.29. The second-order valence-corrected chi connectivity index (χ2v) is 9.96. The Morgan fingerprint density at radius 3 is 2.47 bits per heavy atom. The van der Waals surface area contributed by atoms with Gasteiger partial charge in [0.15, 0.2) is 0 Å². The summed E-state index contributed by atoms with van der Waals surface area (Å²) in [5.41, 5.74) is 2.11. The lowest BCUT2D eigenvalue weighted by Crippen LogP contribution is -2.39. The summed E-state index contributed by atoms with van der Waals surface area (Å²) >= 11 is 12.7. The molecule has 2 aromatic rings. The number of nitrogens with zero attached hydrogens (tertiary/aromatic N) is 1. The lowest BCUT2D eigenvalue weighted by Gasteiger charge is -2.33. The van der Waals surface area contributed by atoms with E-state index in [9.17, 15) is 4.79 Å². The van der Waals surface area contributed by atoms with Gasteiger partial charge >= 0.3 is 5.97 Å². The molecule has 0 bridgehead atoms. The molecule has 1 aliphatic rings. The van der Waals surface area contributed by atoms with Crippen molar-refractivity contribution < 1.29 is 19.0 Å². The van der Waals surface area contributed by atoms with E-state index in [1.807, 2.05) is 45.0 Å². The molecule has 0 spiro atoms. The van der Waals surface area contributed by atoms with Gasteiger partial charge in [0.05, 0.1) is 19.1 Å². The molecule has 5 nitrogen and oxygen atoms in total. The number of carbonyl (C=O) groups is 1. The number of hydrogen-bond donors (Lipinski definition) is 0. The van der Waals surface area contributed by atoms with Crippen LogP contribution in [0.3, 0.4) is 0 Å². The Kier molecular flexibility index (Phi) is 9.27. The molecular weight excluding hydrogens is 473 g/mol. The molecule has 1 atom stereocenters. The molecule has 1 heterocycles. The minimum absolute atomic E-state index is 0.0578. The predicted molar refractivity (Wildman–Crippen MR) is 135 cm³/mol. The van der Waals surface area contributed by atoms with Crippen LogP contribution in [0.25, 0.3) is 0 Å². The molecule has 1 fully saturated rings. The number of morpholine rings is 1. The van der Waals surface area contributed by atoms with Crippen LogP contribution in [0.15, 0.2) is 36.4 Å². The zero-order chi connectivity index (χ0) is 24.7. The van der Waals surface area contributed by atoms with Crippen LogP contribution < -0.4 is 4.74 Å². The fraction of sp³-hybridized carbons (Fsp3) is 0.444. The van der Waals surface area contributed by atoms with Gasteiger partial charge in [-0.25, -0.2) is 0 Å². The van der Waals surface area contributed by atoms with E-state index in [-0.39, 0.29) is 18.7 Å². The third kappa shape index (κ3) is 7.92. The van der Waals surface area contributed by atoms with Gasteiger partial charge in [-0.2, -0.15) is 0 Å². The van der Waals surface area contributed by atoms with Crippen LogP contribution in [0.4, 0.5) is 0 Å². The van der Waals surface area contributed by atoms with E-state index in [4.69, 9.17) is 37.4 Å². The fourth-order valence-electron chi connectivity index (χ4n) is 3.64. The third-order valence-electron chi connectivity index (χ3n) is 5.25. The van der Waals surface area contributed by atoms with Crippen LogP contribution in [0.1, 0.15) is 56.9 Å². The lowest BCUT2D eigenvalue weighted by atomic mass is 10.1. The molecule has 0 radical (unpaired) electrons. The Hall–Kier alpha value is -2.23. The number of halogens is 2. The predicted octanol–water partition coefficient (Wildman–Crippen LogP) is 6.05. The topological polar surface area (TPSA) is 48.0 Å². The second kappa shape index (κ2) is 12.0. The van der Waals surface area contributed by atoms with Gasteiger partial charge in [0, 0.05) is 40.8 Å². The summed E-state index contributed by atoms with van der Waals surface area (Å²) < 4.78 is 17.3. The number of esters is 1. The molecule has 0 aromatic heterocycles. The standard InChI is InChI=1S/C27H31Cl2NO4/c1-5-6-19-15-23(28)22(24(29)16-19)18-33-21-9-7-20(8-10-21)25-17-30(13-14-32-25)12-11-26(31)34-27(2,3)4/h7-10,15-16,25H,11-14,17-18H2,1-4H3. The highest BCUT2D eigenvalue weighted by atomic mass is 35.5. The summed E-state index contributed by atoms with van der Waals surface area (Å²) in [4.78, 5) is 14.3. The van der Waals surface area contributed by atoms with Gasteiger partial charge in [0.25, 0.3) is 0 Å². The Bertz CT molecular complexity index is 1030. The van der Waals surface area contributed by atoms with Crippen molar-refractivity contribution in [2.75, 3.05) is 26.2 Å². The van der Waals surface area contributed by atoms with E-state index >= 15 is 0 Å². The maximum absolute atomic E-state index is 12.0. The van der Waals surface area contributed by atoms with Crippen molar-refractivity contribution in [3.8, 4) is 17.6 Å². The smallest absolute Gasteiger partial charge is 0.307 e. The van der Waals surface area contributed by atoms with Crippen molar-refractivity contribution in [2.24, 2.45) is 0 Å². The lowest BCUT2D eigenvalue weighted by molar-refractivity contribution is -0.155. The third-order valence-corrected chi connectivity index (χ3v) is 5.92. The molecule has 0 saturated carbocycles. The second-order valence-electron chi connectivity index (χ2n) is 9.15. The van der Waals surface area contributed by atoms with Gasteiger partial charge < -0.3 is 14.2 Å². The Balaban J connectivity index is 1.54. The maximum Gasteiger partial charge on any atom is 0.307 e. The van der Waals surface area contributed by atoms with Crippen molar-refractivity contribution in [3.63, 3.8) is 0 Å². The summed E-state index contributed by atoms with van der Waals surface area (Å²) in [5.74, 6) is 6.33. The molecule has 1 saturated heterocycles. The number of hydrogen-bond acceptors (Lipinski definition) is 5. The van der Waals surface area contributed by atoms with Crippen LogP contribution in [-0.2, 0) is 20.9 Å². The number of benzene rings is 2. The first-order valence-corrected chi connectivity index (χ1v) is 12.1. The largest absolute Gasteiger partial charge is 0.489 e. The molecule has 0 aliphatic carbocycles. The summed E-state index contributed by atoms with van der Waals surface area (Å²) in [6.07, 6.45) is 0.311. The highest BCUT2D eigenvalue weighted by molar-refractivity contribution is 6.36. The first kappa shape index (κ1) is 26.4. The Labute approximate surface area is 212 Å². The fourth-order valence-corrected chi connectivity index (χ4v) is 4.24. The molecule has 0 amide bonds. The Morgan fingerprint density at radius 2 is 1.85 bits per heavy atom. The van der Waals surface area contributed by atoms with Crippen molar-refractivity contribution in [2.45, 2.75) is 52.4 Å². The first-order valence-electron chi connectivity index (χ1n) is 11.3. The minimum Gasteiger partial charge on any atom is -0.489 e. The highest BCUT2D eigenvalue weighted by Gasteiger charge is 2.23. The first-order chi connectivity index (χ1) is 16.1. The van der Waals surface area contributed by atoms with Crippen LogP contribution in [-0.4, -0.2) is 42.7 Å². The van der Waals surface area contributed by atoms with E-state index in [1.54, 1.807) is 19.1 Å². The van der Waals surface area contributed by atoms with E-state index in [0.717, 1.165) is 29.8 Å². The number of carbonyl (C=O) groups excluding carboxylic acids is 1. The summed E-state index contributed by atoms with van der Waals surface area (Å²) in [7, 11) is 0. The molecule has 2 aromatic carbocycles. The molecule has 3 rings (SSSR count).